The van der Waals surface area contributed by atoms with Crippen LogP contribution in [-0.2, 0) is 11.2 Å². The molecule has 0 atom stereocenters. The van der Waals surface area contributed by atoms with Crippen molar-refractivity contribution in [3.05, 3.63) is 29.8 Å². The number of aromatic hydroxyl groups is 1. The molecule has 0 unspecified atom stereocenters. The summed E-state index contributed by atoms with van der Waals surface area (Å²) in [5.41, 5.74) is 1.11. The molecule has 104 valence electrons. The van der Waals surface area contributed by atoms with Crippen molar-refractivity contribution < 1.29 is 9.90 Å². The molecule has 19 heavy (non-hydrogen) atoms. The molecule has 1 amide bonds. The van der Waals surface area contributed by atoms with Crippen molar-refractivity contribution in [2.75, 3.05) is 0 Å². The van der Waals surface area contributed by atoms with Crippen molar-refractivity contribution in [1.29, 1.82) is 0 Å². The number of carbonyl (C=O) groups excluding carboxylic acids is 1. The van der Waals surface area contributed by atoms with Crippen molar-refractivity contribution >= 4 is 5.91 Å². The van der Waals surface area contributed by atoms with E-state index in [9.17, 15) is 9.90 Å². The van der Waals surface area contributed by atoms with Crippen LogP contribution in [0.5, 0.6) is 5.75 Å². The summed E-state index contributed by atoms with van der Waals surface area (Å²) in [5, 5.41) is 12.7. The van der Waals surface area contributed by atoms with Crippen LogP contribution in [0.2, 0.25) is 0 Å². The van der Waals surface area contributed by atoms with Crippen LogP contribution >= 0.6 is 0 Å². The fraction of sp³-hybridized carbons (Fsp3) is 0.562. The van der Waals surface area contributed by atoms with Gasteiger partial charge in [-0.3, -0.25) is 4.79 Å². The number of nitrogens with one attached hydrogen (secondary N) is 1. The lowest BCUT2D eigenvalue weighted by atomic mass is 9.75. The van der Waals surface area contributed by atoms with Gasteiger partial charge < -0.3 is 10.4 Å². The first-order chi connectivity index (χ1) is 8.96. The molecule has 0 aromatic heterocycles. The summed E-state index contributed by atoms with van der Waals surface area (Å²) in [4.78, 5) is 12.0. The first-order valence-corrected chi connectivity index (χ1v) is 7.02. The number of rotatable bonds is 3. The highest BCUT2D eigenvalue weighted by molar-refractivity contribution is 5.79. The summed E-state index contributed by atoms with van der Waals surface area (Å²) in [7, 11) is 0. The molecule has 0 heterocycles. The molecule has 1 aliphatic carbocycles. The van der Waals surface area contributed by atoms with Gasteiger partial charge in [0.2, 0.25) is 5.91 Å². The molecule has 1 fully saturated rings. The highest BCUT2D eigenvalue weighted by Gasteiger charge is 2.27. The Labute approximate surface area is 115 Å². The van der Waals surface area contributed by atoms with E-state index in [1.54, 1.807) is 18.2 Å². The summed E-state index contributed by atoms with van der Waals surface area (Å²) >= 11 is 0. The summed E-state index contributed by atoms with van der Waals surface area (Å²) in [6.45, 7) is 4.57. The molecular formula is C16H23NO2. The average molecular weight is 261 g/mol. The van der Waals surface area contributed by atoms with Gasteiger partial charge in [-0.15, -0.1) is 0 Å². The lowest BCUT2D eigenvalue weighted by Crippen LogP contribution is -2.39. The Hall–Kier alpha value is -1.51. The molecule has 1 saturated carbocycles. The summed E-state index contributed by atoms with van der Waals surface area (Å²) in [6.07, 6.45) is 4.69. The van der Waals surface area contributed by atoms with Gasteiger partial charge in [-0.25, -0.2) is 0 Å². The van der Waals surface area contributed by atoms with Gasteiger partial charge in [0.05, 0.1) is 6.42 Å². The van der Waals surface area contributed by atoms with E-state index in [1.807, 2.05) is 6.07 Å². The third-order valence-corrected chi connectivity index (χ3v) is 4.05. The van der Waals surface area contributed by atoms with Gasteiger partial charge >= 0.3 is 0 Å². The molecule has 1 aliphatic rings. The minimum atomic E-state index is 0.00575. The Balaban J connectivity index is 1.84. The van der Waals surface area contributed by atoms with Crippen molar-refractivity contribution in [3.63, 3.8) is 0 Å². The van der Waals surface area contributed by atoms with Gasteiger partial charge in [-0.1, -0.05) is 32.0 Å². The minimum Gasteiger partial charge on any atom is -0.508 e. The molecule has 0 radical (unpaired) electrons. The molecular weight excluding hydrogens is 238 g/mol. The molecule has 0 spiro atoms. The first-order valence-electron chi connectivity index (χ1n) is 7.02. The Morgan fingerprint density at radius 1 is 1.32 bits per heavy atom. The van der Waals surface area contributed by atoms with Crippen LogP contribution in [0.25, 0.3) is 0 Å². The van der Waals surface area contributed by atoms with Crippen LogP contribution < -0.4 is 5.32 Å². The topological polar surface area (TPSA) is 49.3 Å². The molecule has 0 saturated heterocycles. The molecule has 2 rings (SSSR count). The van der Waals surface area contributed by atoms with Gasteiger partial charge in [0, 0.05) is 11.6 Å². The van der Waals surface area contributed by atoms with Crippen molar-refractivity contribution in [1.82, 2.24) is 5.32 Å². The van der Waals surface area contributed by atoms with Crippen LogP contribution in [0.4, 0.5) is 0 Å². The molecule has 0 aliphatic heterocycles. The third-order valence-electron chi connectivity index (χ3n) is 4.05. The number of hydrogen-bond donors (Lipinski definition) is 2. The predicted octanol–water partition coefficient (Wildman–Crippen LogP) is 3.02. The number of phenols is 1. The normalized spacial score (nSPS) is 19.1. The Morgan fingerprint density at radius 2 is 1.95 bits per heavy atom. The van der Waals surface area contributed by atoms with E-state index < -0.39 is 0 Å². The van der Waals surface area contributed by atoms with Gasteiger partial charge in [0.15, 0.2) is 0 Å². The van der Waals surface area contributed by atoms with Gasteiger partial charge in [0.25, 0.3) is 0 Å². The number of hydrogen-bond acceptors (Lipinski definition) is 2. The lowest BCUT2D eigenvalue weighted by molar-refractivity contribution is -0.121. The maximum Gasteiger partial charge on any atom is 0.224 e. The fourth-order valence-electron chi connectivity index (χ4n) is 2.66. The number of carbonyl (C=O) groups is 1. The zero-order valence-electron chi connectivity index (χ0n) is 11.8. The van der Waals surface area contributed by atoms with E-state index in [-0.39, 0.29) is 18.1 Å². The van der Waals surface area contributed by atoms with E-state index in [1.165, 1.54) is 0 Å². The SMILES string of the molecule is CC1(C)CCC(NC(=O)Cc2ccccc2O)CC1. The van der Waals surface area contributed by atoms with E-state index in [2.05, 4.69) is 19.2 Å². The quantitative estimate of drug-likeness (QED) is 0.878. The van der Waals surface area contributed by atoms with Crippen LogP contribution in [0, 0.1) is 5.41 Å². The first kappa shape index (κ1) is 13.9. The summed E-state index contributed by atoms with van der Waals surface area (Å²) < 4.78 is 0. The third kappa shape index (κ3) is 3.98. The maximum absolute atomic E-state index is 12.0. The largest absolute Gasteiger partial charge is 0.508 e. The van der Waals surface area contributed by atoms with E-state index in [4.69, 9.17) is 0 Å². The van der Waals surface area contributed by atoms with Crippen molar-refractivity contribution in [2.45, 2.75) is 52.0 Å². The van der Waals surface area contributed by atoms with Gasteiger partial charge in [-0.05, 0) is 37.2 Å². The van der Waals surface area contributed by atoms with Crippen LogP contribution in [0.1, 0.15) is 45.1 Å². The smallest absolute Gasteiger partial charge is 0.224 e. The molecule has 0 bridgehead atoms. The molecule has 3 nitrogen and oxygen atoms in total. The molecule has 2 N–H and O–H groups in total. The van der Waals surface area contributed by atoms with Crippen LogP contribution in [0.15, 0.2) is 24.3 Å². The number of amides is 1. The van der Waals surface area contributed by atoms with E-state index in [0.717, 1.165) is 25.7 Å². The standard InChI is InChI=1S/C16H23NO2/c1-16(2)9-7-13(8-10-16)17-15(19)11-12-5-3-4-6-14(12)18/h3-6,13,18H,7-11H2,1-2H3,(H,17,19). The number of para-hydroxylation sites is 1. The predicted molar refractivity (Wildman–Crippen MR) is 76.0 cm³/mol. The second kappa shape index (κ2) is 5.64. The van der Waals surface area contributed by atoms with Gasteiger partial charge in [0.1, 0.15) is 5.75 Å². The Kier molecular flexibility index (Phi) is 4.13. The van der Waals surface area contributed by atoms with Crippen molar-refractivity contribution in [3.8, 4) is 5.75 Å². The monoisotopic (exact) mass is 261 g/mol. The Bertz CT molecular complexity index is 444. The van der Waals surface area contributed by atoms with E-state index >= 15 is 0 Å². The zero-order chi connectivity index (χ0) is 13.9. The summed E-state index contributed by atoms with van der Waals surface area (Å²) in [5.74, 6) is 0.202. The van der Waals surface area contributed by atoms with E-state index in [0.29, 0.717) is 17.0 Å². The second-order valence-corrected chi connectivity index (χ2v) is 6.31. The molecule has 3 heteroatoms. The van der Waals surface area contributed by atoms with Gasteiger partial charge in [-0.2, -0.15) is 0 Å². The zero-order valence-corrected chi connectivity index (χ0v) is 11.8. The number of benzene rings is 1. The second-order valence-electron chi connectivity index (χ2n) is 6.31. The molecule has 1 aromatic carbocycles. The fourth-order valence-corrected chi connectivity index (χ4v) is 2.66. The molecule has 1 aromatic rings. The average Bonchev–Trinajstić information content (AvgIpc) is 2.35. The lowest BCUT2D eigenvalue weighted by Gasteiger charge is -2.34. The van der Waals surface area contributed by atoms with Crippen molar-refractivity contribution in [2.24, 2.45) is 5.41 Å². The Morgan fingerprint density at radius 3 is 2.58 bits per heavy atom. The van der Waals surface area contributed by atoms with Crippen LogP contribution in [-0.4, -0.2) is 17.1 Å². The van der Waals surface area contributed by atoms with Crippen LogP contribution in [0.3, 0.4) is 0 Å². The highest BCUT2D eigenvalue weighted by atomic mass is 16.3. The summed E-state index contributed by atoms with van der Waals surface area (Å²) in [6, 6.07) is 7.31. The number of phenolic OH excluding ortho intramolecular Hbond substituents is 1. The maximum atomic E-state index is 12.0. The minimum absolute atomic E-state index is 0.00575. The highest BCUT2D eigenvalue weighted by Crippen LogP contribution is 2.35.